The van der Waals surface area contributed by atoms with E-state index in [-0.39, 0.29) is 5.69 Å². The Morgan fingerprint density at radius 3 is 2.41 bits per heavy atom. The van der Waals surface area contributed by atoms with E-state index >= 15 is 0 Å². The van der Waals surface area contributed by atoms with Crippen molar-refractivity contribution in [2.75, 3.05) is 10.6 Å². The molecule has 4 nitrogen and oxygen atoms in total. The summed E-state index contributed by atoms with van der Waals surface area (Å²) >= 11 is 0. The van der Waals surface area contributed by atoms with E-state index in [1.165, 1.54) is 18.2 Å². The van der Waals surface area contributed by atoms with Crippen molar-refractivity contribution < 1.29 is 14.0 Å². The van der Waals surface area contributed by atoms with Crippen LogP contribution in [-0.4, -0.2) is 11.8 Å². The quantitative estimate of drug-likeness (QED) is 0.855. The molecule has 2 aromatic carbocycles. The van der Waals surface area contributed by atoms with Gasteiger partial charge in [-0.2, -0.15) is 0 Å². The number of anilines is 2. The molecule has 0 saturated heterocycles. The maximum Gasteiger partial charge on any atom is 0.314 e. The van der Waals surface area contributed by atoms with Crippen molar-refractivity contribution in [1.29, 1.82) is 0 Å². The van der Waals surface area contributed by atoms with Gasteiger partial charge in [-0.3, -0.25) is 9.59 Å². The largest absolute Gasteiger partial charge is 0.318 e. The number of amides is 2. The van der Waals surface area contributed by atoms with Crippen LogP contribution in [0.3, 0.4) is 0 Å². The van der Waals surface area contributed by atoms with Crippen molar-refractivity contribution >= 4 is 23.2 Å². The normalized spacial score (nSPS) is 10.1. The Kier molecular flexibility index (Phi) is 4.88. The molecule has 0 saturated carbocycles. The Balaban J connectivity index is 2.11. The van der Waals surface area contributed by atoms with E-state index in [9.17, 15) is 14.0 Å². The fraction of sp³-hybridized carbons (Fsp3) is 0.176. The Morgan fingerprint density at radius 1 is 1.05 bits per heavy atom. The standard InChI is InChI=1S/C17H17FN2O2/c1-3-12-7-4-6-11(2)15(12)20-17(22)16(21)19-14-9-5-8-13(18)10-14/h4-10H,3H2,1-2H3,(H,19,21)(H,20,22). The van der Waals surface area contributed by atoms with Crippen molar-refractivity contribution in [3.05, 3.63) is 59.4 Å². The number of carbonyl (C=O) groups excluding carboxylic acids is 2. The molecule has 0 aliphatic heterocycles. The number of rotatable bonds is 3. The SMILES string of the molecule is CCc1cccc(C)c1NC(=O)C(=O)Nc1cccc(F)c1. The summed E-state index contributed by atoms with van der Waals surface area (Å²) in [6.45, 7) is 3.83. The van der Waals surface area contributed by atoms with Gasteiger partial charge in [0.15, 0.2) is 0 Å². The van der Waals surface area contributed by atoms with Gasteiger partial charge in [0.05, 0.1) is 0 Å². The molecule has 0 radical (unpaired) electrons. The maximum atomic E-state index is 13.1. The van der Waals surface area contributed by atoms with Gasteiger partial charge in [0.25, 0.3) is 0 Å². The molecule has 0 fully saturated rings. The zero-order chi connectivity index (χ0) is 16.1. The third kappa shape index (κ3) is 3.69. The second-order valence-corrected chi connectivity index (χ2v) is 4.88. The molecule has 2 N–H and O–H groups in total. The van der Waals surface area contributed by atoms with Gasteiger partial charge in [0, 0.05) is 11.4 Å². The number of benzene rings is 2. The molecular formula is C17H17FN2O2. The highest BCUT2D eigenvalue weighted by Crippen LogP contribution is 2.21. The van der Waals surface area contributed by atoms with Gasteiger partial charge in [-0.05, 0) is 42.7 Å². The molecule has 22 heavy (non-hydrogen) atoms. The van der Waals surface area contributed by atoms with E-state index in [4.69, 9.17) is 0 Å². The Labute approximate surface area is 128 Å². The summed E-state index contributed by atoms with van der Waals surface area (Å²) in [5.74, 6) is -2.10. The van der Waals surface area contributed by atoms with Gasteiger partial charge in [-0.1, -0.05) is 31.2 Å². The number of hydrogen-bond acceptors (Lipinski definition) is 2. The summed E-state index contributed by atoms with van der Waals surface area (Å²) < 4.78 is 13.1. The number of nitrogens with one attached hydrogen (secondary N) is 2. The first kappa shape index (κ1) is 15.7. The third-order valence-corrected chi connectivity index (χ3v) is 3.27. The van der Waals surface area contributed by atoms with Gasteiger partial charge in [-0.25, -0.2) is 4.39 Å². The van der Waals surface area contributed by atoms with Gasteiger partial charge in [-0.15, -0.1) is 0 Å². The van der Waals surface area contributed by atoms with Crippen LogP contribution in [0.25, 0.3) is 0 Å². The zero-order valence-corrected chi connectivity index (χ0v) is 12.4. The number of para-hydroxylation sites is 1. The van der Waals surface area contributed by atoms with E-state index in [1.54, 1.807) is 0 Å². The van der Waals surface area contributed by atoms with Crippen molar-refractivity contribution in [2.24, 2.45) is 0 Å². The average Bonchev–Trinajstić information content (AvgIpc) is 2.49. The molecule has 0 heterocycles. The van der Waals surface area contributed by atoms with Crippen molar-refractivity contribution in [3.63, 3.8) is 0 Å². The molecular weight excluding hydrogens is 283 g/mol. The van der Waals surface area contributed by atoms with Gasteiger partial charge in [0.2, 0.25) is 0 Å². The lowest BCUT2D eigenvalue weighted by atomic mass is 10.1. The number of halogens is 1. The molecule has 0 aliphatic carbocycles. The summed E-state index contributed by atoms with van der Waals surface area (Å²) in [4.78, 5) is 23.9. The Morgan fingerprint density at radius 2 is 1.73 bits per heavy atom. The van der Waals surface area contributed by atoms with Crippen molar-refractivity contribution in [2.45, 2.75) is 20.3 Å². The molecule has 2 rings (SSSR count). The minimum absolute atomic E-state index is 0.237. The van der Waals surface area contributed by atoms with E-state index < -0.39 is 17.6 Å². The van der Waals surface area contributed by atoms with E-state index in [2.05, 4.69) is 10.6 Å². The predicted octanol–water partition coefficient (Wildman–Crippen LogP) is 3.27. The second-order valence-electron chi connectivity index (χ2n) is 4.88. The summed E-state index contributed by atoms with van der Waals surface area (Å²) in [5.41, 5.74) is 2.71. The fourth-order valence-electron chi connectivity index (χ4n) is 2.13. The van der Waals surface area contributed by atoms with Crippen LogP contribution in [-0.2, 0) is 16.0 Å². The maximum absolute atomic E-state index is 13.1. The summed E-state index contributed by atoms with van der Waals surface area (Å²) in [7, 11) is 0. The average molecular weight is 300 g/mol. The van der Waals surface area contributed by atoms with Gasteiger partial charge in [0.1, 0.15) is 5.82 Å². The lowest BCUT2D eigenvalue weighted by Crippen LogP contribution is -2.29. The highest BCUT2D eigenvalue weighted by Gasteiger charge is 2.16. The van der Waals surface area contributed by atoms with Gasteiger partial charge < -0.3 is 10.6 Å². The molecule has 0 aliphatic rings. The van der Waals surface area contributed by atoms with Crippen molar-refractivity contribution in [3.8, 4) is 0 Å². The molecule has 0 spiro atoms. The number of aryl methyl sites for hydroxylation is 2. The van der Waals surface area contributed by atoms with E-state index in [0.29, 0.717) is 5.69 Å². The summed E-state index contributed by atoms with van der Waals surface area (Å²) in [5, 5.41) is 4.99. The highest BCUT2D eigenvalue weighted by molar-refractivity contribution is 6.43. The molecule has 0 aromatic heterocycles. The second kappa shape index (κ2) is 6.85. The Bertz CT molecular complexity index is 714. The van der Waals surface area contributed by atoms with Crippen LogP contribution in [0.1, 0.15) is 18.1 Å². The molecule has 0 atom stereocenters. The third-order valence-electron chi connectivity index (χ3n) is 3.27. The minimum Gasteiger partial charge on any atom is -0.318 e. The molecule has 2 aromatic rings. The first-order valence-electron chi connectivity index (χ1n) is 6.97. The van der Waals surface area contributed by atoms with E-state index in [1.807, 2.05) is 32.0 Å². The van der Waals surface area contributed by atoms with Crippen LogP contribution < -0.4 is 10.6 Å². The number of carbonyl (C=O) groups is 2. The zero-order valence-electron chi connectivity index (χ0n) is 12.4. The van der Waals surface area contributed by atoms with Gasteiger partial charge >= 0.3 is 11.8 Å². The fourth-order valence-corrected chi connectivity index (χ4v) is 2.13. The highest BCUT2D eigenvalue weighted by atomic mass is 19.1. The molecule has 0 bridgehead atoms. The number of hydrogen-bond donors (Lipinski definition) is 2. The van der Waals surface area contributed by atoms with Crippen LogP contribution in [0, 0.1) is 12.7 Å². The minimum atomic E-state index is -0.837. The van der Waals surface area contributed by atoms with Crippen LogP contribution in [0.5, 0.6) is 0 Å². The van der Waals surface area contributed by atoms with Crippen LogP contribution in [0.2, 0.25) is 0 Å². The monoisotopic (exact) mass is 300 g/mol. The van der Waals surface area contributed by atoms with Crippen molar-refractivity contribution in [1.82, 2.24) is 0 Å². The lowest BCUT2D eigenvalue weighted by Gasteiger charge is -2.12. The topological polar surface area (TPSA) is 58.2 Å². The van der Waals surface area contributed by atoms with Crippen LogP contribution >= 0.6 is 0 Å². The molecule has 0 unspecified atom stereocenters. The summed E-state index contributed by atoms with van der Waals surface area (Å²) in [6.07, 6.45) is 0.739. The Hall–Kier alpha value is -2.69. The summed E-state index contributed by atoms with van der Waals surface area (Å²) in [6, 6.07) is 11.0. The molecule has 114 valence electrons. The predicted molar refractivity (Wildman–Crippen MR) is 84.2 cm³/mol. The van der Waals surface area contributed by atoms with Crippen LogP contribution in [0.4, 0.5) is 15.8 Å². The lowest BCUT2D eigenvalue weighted by molar-refractivity contribution is -0.133. The van der Waals surface area contributed by atoms with Crippen LogP contribution in [0.15, 0.2) is 42.5 Å². The first-order valence-corrected chi connectivity index (χ1v) is 6.97. The molecule has 2 amide bonds. The van der Waals surface area contributed by atoms with E-state index in [0.717, 1.165) is 23.6 Å². The first-order chi connectivity index (χ1) is 10.5. The molecule has 5 heteroatoms. The smallest absolute Gasteiger partial charge is 0.314 e.